The summed E-state index contributed by atoms with van der Waals surface area (Å²) in [5.41, 5.74) is 2.10. The lowest BCUT2D eigenvalue weighted by Crippen LogP contribution is -2.20. The second-order valence-corrected chi connectivity index (χ2v) is 5.48. The van der Waals surface area contributed by atoms with Gasteiger partial charge in [-0.3, -0.25) is 19.8 Å². The molecule has 0 saturated carbocycles. The van der Waals surface area contributed by atoms with Gasteiger partial charge in [-0.15, -0.1) is 0 Å². The molecule has 2 aromatic heterocycles. The average molecular weight is 335 g/mol. The monoisotopic (exact) mass is 335 g/mol. The van der Waals surface area contributed by atoms with Gasteiger partial charge in [0.25, 0.3) is 0 Å². The van der Waals surface area contributed by atoms with Gasteiger partial charge in [0.1, 0.15) is 0 Å². The number of anilines is 2. The molecule has 0 aliphatic rings. The van der Waals surface area contributed by atoms with Gasteiger partial charge in [-0.05, 0) is 30.7 Å². The van der Waals surface area contributed by atoms with E-state index in [1.165, 1.54) is 6.92 Å². The highest BCUT2D eigenvalue weighted by Gasteiger charge is 2.07. The fraction of sp³-hybridized carbons (Fsp3) is 0.111. The Labute approximate surface area is 144 Å². The molecular formula is C18H17N5O2. The van der Waals surface area contributed by atoms with Crippen molar-refractivity contribution in [1.29, 1.82) is 0 Å². The van der Waals surface area contributed by atoms with Crippen LogP contribution in [0.15, 0.2) is 61.1 Å². The maximum atomic E-state index is 12.1. The van der Waals surface area contributed by atoms with E-state index in [4.69, 9.17) is 0 Å². The number of rotatable bonds is 5. The summed E-state index contributed by atoms with van der Waals surface area (Å²) in [7, 11) is 0. The first-order valence-corrected chi connectivity index (χ1v) is 7.71. The maximum absolute atomic E-state index is 12.1. The minimum Gasteiger partial charge on any atom is -0.308 e. The lowest BCUT2D eigenvalue weighted by atomic mass is 10.1. The molecule has 126 valence electrons. The molecule has 0 radical (unpaired) electrons. The molecule has 0 saturated heterocycles. The van der Waals surface area contributed by atoms with Crippen LogP contribution in [0.4, 0.5) is 16.3 Å². The molecule has 0 aliphatic carbocycles. The van der Waals surface area contributed by atoms with Crippen molar-refractivity contribution in [2.45, 2.75) is 13.5 Å². The van der Waals surface area contributed by atoms with E-state index >= 15 is 0 Å². The molecule has 2 heterocycles. The topological polar surface area (TPSA) is 88.9 Å². The van der Waals surface area contributed by atoms with E-state index in [-0.39, 0.29) is 5.78 Å². The Morgan fingerprint density at radius 1 is 1.12 bits per heavy atom. The van der Waals surface area contributed by atoms with E-state index in [0.717, 1.165) is 5.56 Å². The number of nitrogens with zero attached hydrogens (tertiary/aromatic N) is 3. The molecule has 0 atom stereocenters. The SMILES string of the molecule is CC(=O)c1cccc(NC(=O)Nc2ccn(Cc3cccnc3)n2)c1. The number of nitrogens with one attached hydrogen (secondary N) is 2. The number of amides is 2. The van der Waals surface area contributed by atoms with Crippen LogP contribution < -0.4 is 10.6 Å². The Morgan fingerprint density at radius 2 is 2.00 bits per heavy atom. The first-order valence-electron chi connectivity index (χ1n) is 7.71. The van der Waals surface area contributed by atoms with Gasteiger partial charge in [0.2, 0.25) is 0 Å². The standard InChI is InChI=1S/C18H17N5O2/c1-13(24)15-5-2-6-16(10-15)20-18(25)21-17-7-9-23(22-17)12-14-4-3-8-19-11-14/h2-11H,12H2,1H3,(H2,20,21,22,25). The first-order chi connectivity index (χ1) is 12.1. The molecule has 0 spiro atoms. The number of carbonyl (C=O) groups is 2. The van der Waals surface area contributed by atoms with Crippen LogP contribution in [-0.4, -0.2) is 26.6 Å². The number of pyridine rings is 1. The Bertz CT molecular complexity index is 889. The van der Waals surface area contributed by atoms with Gasteiger partial charge in [-0.2, -0.15) is 5.10 Å². The fourth-order valence-corrected chi connectivity index (χ4v) is 2.29. The predicted octanol–water partition coefficient (Wildman–Crippen LogP) is 3.17. The third-order valence-corrected chi connectivity index (χ3v) is 3.48. The molecule has 2 amide bonds. The Kier molecular flexibility index (Phi) is 4.84. The lowest BCUT2D eigenvalue weighted by Gasteiger charge is -2.06. The van der Waals surface area contributed by atoms with Crippen LogP contribution >= 0.6 is 0 Å². The van der Waals surface area contributed by atoms with E-state index in [2.05, 4.69) is 20.7 Å². The minimum absolute atomic E-state index is 0.0572. The molecular weight excluding hydrogens is 318 g/mol. The van der Waals surface area contributed by atoms with Crippen molar-refractivity contribution >= 4 is 23.3 Å². The highest BCUT2D eigenvalue weighted by molar-refractivity contribution is 6.00. The number of aromatic nitrogens is 3. The Morgan fingerprint density at radius 3 is 2.76 bits per heavy atom. The molecule has 7 nitrogen and oxygen atoms in total. The third kappa shape index (κ3) is 4.51. The van der Waals surface area contributed by atoms with Gasteiger partial charge in [-0.1, -0.05) is 18.2 Å². The van der Waals surface area contributed by atoms with Gasteiger partial charge in [0.15, 0.2) is 11.6 Å². The van der Waals surface area contributed by atoms with E-state index in [1.807, 2.05) is 12.1 Å². The minimum atomic E-state index is -0.424. The Hall–Kier alpha value is -3.48. The number of ketones is 1. The molecule has 0 unspecified atom stereocenters. The zero-order valence-electron chi connectivity index (χ0n) is 13.6. The summed E-state index contributed by atoms with van der Waals surface area (Å²) >= 11 is 0. The first kappa shape index (κ1) is 16.4. The molecule has 0 bridgehead atoms. The van der Waals surface area contributed by atoms with E-state index in [0.29, 0.717) is 23.6 Å². The summed E-state index contributed by atoms with van der Waals surface area (Å²) in [5.74, 6) is 0.377. The van der Waals surface area contributed by atoms with E-state index < -0.39 is 6.03 Å². The van der Waals surface area contributed by atoms with E-state index in [1.54, 1.807) is 53.6 Å². The lowest BCUT2D eigenvalue weighted by molar-refractivity contribution is 0.101. The van der Waals surface area contributed by atoms with Crippen molar-refractivity contribution < 1.29 is 9.59 Å². The summed E-state index contributed by atoms with van der Waals surface area (Å²) in [6.45, 7) is 2.05. The van der Waals surface area contributed by atoms with Crippen LogP contribution in [0.5, 0.6) is 0 Å². The van der Waals surface area contributed by atoms with Crippen molar-refractivity contribution in [2.24, 2.45) is 0 Å². The number of Topliss-reactive ketones (excluding diaryl/α,β-unsaturated/α-hetero) is 1. The largest absolute Gasteiger partial charge is 0.324 e. The quantitative estimate of drug-likeness (QED) is 0.701. The molecule has 3 aromatic rings. The maximum Gasteiger partial charge on any atom is 0.324 e. The van der Waals surface area contributed by atoms with Crippen molar-refractivity contribution in [3.8, 4) is 0 Å². The summed E-state index contributed by atoms with van der Waals surface area (Å²) in [6, 6.07) is 11.9. The van der Waals surface area contributed by atoms with Gasteiger partial charge < -0.3 is 5.32 Å². The van der Waals surface area contributed by atoms with E-state index in [9.17, 15) is 9.59 Å². The van der Waals surface area contributed by atoms with Gasteiger partial charge >= 0.3 is 6.03 Å². The summed E-state index contributed by atoms with van der Waals surface area (Å²) in [5, 5.41) is 9.64. The van der Waals surface area contributed by atoms with Crippen molar-refractivity contribution in [3.63, 3.8) is 0 Å². The van der Waals surface area contributed by atoms with Crippen molar-refractivity contribution in [2.75, 3.05) is 10.6 Å². The van der Waals surface area contributed by atoms with Crippen molar-refractivity contribution in [3.05, 3.63) is 72.2 Å². The molecule has 25 heavy (non-hydrogen) atoms. The van der Waals surface area contributed by atoms with Crippen LogP contribution in [0.2, 0.25) is 0 Å². The number of carbonyl (C=O) groups excluding carboxylic acids is 2. The number of benzene rings is 1. The number of urea groups is 1. The normalized spacial score (nSPS) is 10.3. The highest BCUT2D eigenvalue weighted by atomic mass is 16.2. The van der Waals surface area contributed by atoms with Gasteiger partial charge in [0, 0.05) is 35.9 Å². The van der Waals surface area contributed by atoms with Crippen LogP contribution in [0.25, 0.3) is 0 Å². The van der Waals surface area contributed by atoms with Gasteiger partial charge in [-0.25, -0.2) is 4.79 Å². The molecule has 0 aliphatic heterocycles. The smallest absolute Gasteiger partial charge is 0.308 e. The highest BCUT2D eigenvalue weighted by Crippen LogP contribution is 2.12. The third-order valence-electron chi connectivity index (χ3n) is 3.48. The summed E-state index contributed by atoms with van der Waals surface area (Å²) < 4.78 is 1.71. The molecule has 0 fully saturated rings. The molecule has 7 heteroatoms. The van der Waals surface area contributed by atoms with Gasteiger partial charge in [0.05, 0.1) is 6.54 Å². The second kappa shape index (κ2) is 7.39. The molecule has 1 aromatic carbocycles. The zero-order valence-corrected chi connectivity index (χ0v) is 13.6. The second-order valence-electron chi connectivity index (χ2n) is 5.48. The summed E-state index contributed by atoms with van der Waals surface area (Å²) in [6.07, 6.45) is 5.26. The predicted molar refractivity (Wildman–Crippen MR) is 94.7 cm³/mol. The zero-order chi connectivity index (χ0) is 17.6. The van der Waals surface area contributed by atoms with Crippen LogP contribution in [-0.2, 0) is 6.54 Å². The van der Waals surface area contributed by atoms with Crippen LogP contribution in [0.3, 0.4) is 0 Å². The van der Waals surface area contributed by atoms with Crippen molar-refractivity contribution in [1.82, 2.24) is 14.8 Å². The number of hydrogen-bond donors (Lipinski definition) is 2. The van der Waals surface area contributed by atoms with Crippen LogP contribution in [0, 0.1) is 0 Å². The Balaban J connectivity index is 1.60. The molecule has 2 N–H and O–H groups in total. The average Bonchev–Trinajstić information content (AvgIpc) is 3.02. The number of hydrogen-bond acceptors (Lipinski definition) is 4. The summed E-state index contributed by atoms with van der Waals surface area (Å²) in [4.78, 5) is 27.5. The fourth-order valence-electron chi connectivity index (χ4n) is 2.29. The molecule has 3 rings (SSSR count). The van der Waals surface area contributed by atoms with Crippen LogP contribution in [0.1, 0.15) is 22.8 Å².